The van der Waals surface area contributed by atoms with Crippen LogP contribution in [-0.2, 0) is 22.6 Å². The van der Waals surface area contributed by atoms with E-state index in [1.807, 2.05) is 61.5 Å². The molecule has 0 radical (unpaired) electrons. The van der Waals surface area contributed by atoms with Gasteiger partial charge in [-0.2, -0.15) is 0 Å². The van der Waals surface area contributed by atoms with Crippen LogP contribution in [0.25, 0.3) is 0 Å². The van der Waals surface area contributed by atoms with Crippen LogP contribution in [0.4, 0.5) is 0 Å². The third-order valence-electron chi connectivity index (χ3n) is 5.24. The lowest BCUT2D eigenvalue weighted by Gasteiger charge is -2.25. The van der Waals surface area contributed by atoms with Crippen LogP contribution in [0.3, 0.4) is 0 Å². The number of amides is 2. The number of nitrogens with one attached hydrogen (secondary N) is 1. The smallest absolute Gasteiger partial charge is 0.243 e. The molecule has 0 saturated carbocycles. The molecule has 3 N–H and O–H groups in total. The Balaban J connectivity index is 1.51. The van der Waals surface area contributed by atoms with Crippen LogP contribution >= 0.6 is 0 Å². The number of nitrogens with zero attached hydrogens (tertiary/aromatic N) is 1. The van der Waals surface area contributed by atoms with Gasteiger partial charge in [0.15, 0.2) is 0 Å². The normalized spacial score (nSPS) is 17.4. The minimum absolute atomic E-state index is 0.0311. The van der Waals surface area contributed by atoms with E-state index in [9.17, 15) is 9.59 Å². The maximum atomic E-state index is 12.7. The molecule has 2 aromatic rings. The van der Waals surface area contributed by atoms with Gasteiger partial charge in [-0.1, -0.05) is 60.2 Å². The summed E-state index contributed by atoms with van der Waals surface area (Å²) in [6, 6.07) is 17.4. The Kier molecular flexibility index (Phi) is 6.82. The first kappa shape index (κ1) is 20.1. The number of hydrogen-bond donors (Lipinski definition) is 2. The number of benzene rings is 2. The van der Waals surface area contributed by atoms with Gasteiger partial charge < -0.3 is 16.0 Å². The van der Waals surface area contributed by atoms with Gasteiger partial charge in [0.05, 0.1) is 0 Å². The largest absolute Gasteiger partial charge is 0.350 e. The van der Waals surface area contributed by atoms with Gasteiger partial charge in [-0.15, -0.1) is 0 Å². The van der Waals surface area contributed by atoms with E-state index >= 15 is 0 Å². The molecule has 5 heteroatoms. The summed E-state index contributed by atoms with van der Waals surface area (Å²) in [4.78, 5) is 27.1. The predicted molar refractivity (Wildman–Crippen MR) is 110 cm³/mol. The number of carbonyl (C=O) groups excluding carboxylic acids is 2. The molecule has 2 aromatic carbocycles. The lowest BCUT2D eigenvalue weighted by molar-refractivity contribution is -0.138. The van der Waals surface area contributed by atoms with Crippen LogP contribution in [0.5, 0.6) is 0 Å². The molecule has 5 nitrogen and oxygen atoms in total. The van der Waals surface area contributed by atoms with E-state index in [4.69, 9.17) is 5.73 Å². The highest BCUT2D eigenvalue weighted by molar-refractivity contribution is 5.88. The van der Waals surface area contributed by atoms with Crippen molar-refractivity contribution in [1.82, 2.24) is 10.2 Å². The Hall–Kier alpha value is -2.66. The number of rotatable bonds is 7. The second kappa shape index (κ2) is 9.51. The van der Waals surface area contributed by atoms with Gasteiger partial charge in [-0.25, -0.2) is 0 Å². The fourth-order valence-electron chi connectivity index (χ4n) is 3.68. The molecule has 0 unspecified atom stereocenters. The van der Waals surface area contributed by atoms with E-state index < -0.39 is 0 Å². The van der Waals surface area contributed by atoms with Crippen molar-refractivity contribution in [3.8, 4) is 0 Å². The van der Waals surface area contributed by atoms with Crippen molar-refractivity contribution in [2.45, 2.75) is 51.2 Å². The second-order valence-corrected chi connectivity index (χ2v) is 7.60. The van der Waals surface area contributed by atoms with Crippen LogP contribution in [0, 0.1) is 6.92 Å². The molecular formula is C23H29N3O2. The molecule has 0 aliphatic carbocycles. The molecule has 1 saturated heterocycles. The van der Waals surface area contributed by atoms with E-state index in [-0.39, 0.29) is 30.3 Å². The first-order chi connectivity index (χ1) is 13.5. The molecule has 2 amide bonds. The Morgan fingerprint density at radius 1 is 1.11 bits per heavy atom. The number of aryl methyl sites for hydroxylation is 1. The highest BCUT2D eigenvalue weighted by atomic mass is 16.2. The van der Waals surface area contributed by atoms with Gasteiger partial charge in [0.1, 0.15) is 6.04 Å². The highest BCUT2D eigenvalue weighted by Crippen LogP contribution is 2.19. The van der Waals surface area contributed by atoms with Crippen molar-refractivity contribution in [2.75, 3.05) is 6.54 Å². The van der Waals surface area contributed by atoms with Crippen molar-refractivity contribution in [3.63, 3.8) is 0 Å². The minimum atomic E-state index is -0.387. The van der Waals surface area contributed by atoms with Gasteiger partial charge in [0.25, 0.3) is 0 Å². The van der Waals surface area contributed by atoms with Crippen molar-refractivity contribution in [2.24, 2.45) is 5.73 Å². The lowest BCUT2D eigenvalue weighted by atomic mass is 10.0. The summed E-state index contributed by atoms with van der Waals surface area (Å²) in [5.41, 5.74) is 9.56. The summed E-state index contributed by atoms with van der Waals surface area (Å²) >= 11 is 0. The highest BCUT2D eigenvalue weighted by Gasteiger charge is 2.34. The zero-order valence-electron chi connectivity index (χ0n) is 16.4. The molecule has 1 heterocycles. The summed E-state index contributed by atoms with van der Waals surface area (Å²) in [7, 11) is 0. The lowest BCUT2D eigenvalue weighted by Crippen LogP contribution is -2.47. The van der Waals surface area contributed by atoms with Crippen LogP contribution in [0.1, 0.15) is 36.0 Å². The quantitative estimate of drug-likeness (QED) is 0.776. The molecule has 148 valence electrons. The Morgan fingerprint density at radius 3 is 2.54 bits per heavy atom. The van der Waals surface area contributed by atoms with Crippen LogP contribution in [0.2, 0.25) is 0 Å². The number of carbonyl (C=O) groups is 2. The minimum Gasteiger partial charge on any atom is -0.350 e. The Bertz CT molecular complexity index is 789. The number of nitrogens with two attached hydrogens (primary N) is 1. The third kappa shape index (κ3) is 5.42. The van der Waals surface area contributed by atoms with Gasteiger partial charge in [0.2, 0.25) is 11.8 Å². The maximum Gasteiger partial charge on any atom is 0.243 e. The van der Waals surface area contributed by atoms with Crippen LogP contribution in [0.15, 0.2) is 54.6 Å². The molecule has 0 bridgehead atoms. The summed E-state index contributed by atoms with van der Waals surface area (Å²) in [5, 5.41) is 2.97. The van der Waals surface area contributed by atoms with Gasteiger partial charge in [0, 0.05) is 25.6 Å². The zero-order valence-corrected chi connectivity index (χ0v) is 16.4. The topological polar surface area (TPSA) is 75.4 Å². The average Bonchev–Trinajstić information content (AvgIpc) is 3.18. The standard InChI is InChI=1S/C23H29N3O2/c1-17-9-11-19(12-10-17)16-25-23(28)21-8-5-13-26(21)22(27)15-20(24)14-18-6-3-2-4-7-18/h2-4,6-7,9-12,20-21H,5,8,13-16,24H2,1H3,(H,25,28)/t20-,21+/m1/s1. The second-order valence-electron chi connectivity index (χ2n) is 7.60. The van der Waals surface area contributed by atoms with Gasteiger partial charge in [-0.05, 0) is 37.3 Å². The van der Waals surface area contributed by atoms with Crippen molar-refractivity contribution < 1.29 is 9.59 Å². The molecule has 28 heavy (non-hydrogen) atoms. The van der Waals surface area contributed by atoms with E-state index in [1.54, 1.807) is 4.90 Å². The van der Waals surface area contributed by atoms with Crippen LogP contribution in [-0.4, -0.2) is 35.3 Å². The summed E-state index contributed by atoms with van der Waals surface area (Å²) in [5.74, 6) is -0.112. The van der Waals surface area contributed by atoms with E-state index in [0.717, 1.165) is 17.5 Å². The summed E-state index contributed by atoms with van der Waals surface area (Å²) in [6.45, 7) is 3.14. The zero-order chi connectivity index (χ0) is 19.9. The molecule has 1 aliphatic rings. The summed E-state index contributed by atoms with van der Waals surface area (Å²) < 4.78 is 0. The van der Waals surface area contributed by atoms with E-state index in [2.05, 4.69) is 5.32 Å². The van der Waals surface area contributed by atoms with Crippen LogP contribution < -0.4 is 11.1 Å². The maximum absolute atomic E-state index is 12.7. The molecule has 1 aliphatic heterocycles. The molecule has 0 spiro atoms. The Morgan fingerprint density at radius 2 is 1.82 bits per heavy atom. The molecule has 1 fully saturated rings. The fraction of sp³-hybridized carbons (Fsp3) is 0.391. The van der Waals surface area contributed by atoms with Gasteiger partial charge in [-0.3, -0.25) is 9.59 Å². The third-order valence-corrected chi connectivity index (χ3v) is 5.24. The monoisotopic (exact) mass is 379 g/mol. The number of likely N-dealkylation sites (tertiary alicyclic amines) is 1. The van der Waals surface area contributed by atoms with Gasteiger partial charge >= 0.3 is 0 Å². The molecular weight excluding hydrogens is 350 g/mol. The summed E-state index contributed by atoms with van der Waals surface area (Å²) in [6.07, 6.45) is 2.48. The molecule has 3 rings (SSSR count). The van der Waals surface area contributed by atoms with Crippen molar-refractivity contribution >= 4 is 11.8 Å². The molecule has 0 aromatic heterocycles. The predicted octanol–water partition coefficient (Wildman–Crippen LogP) is 2.56. The number of hydrogen-bond acceptors (Lipinski definition) is 3. The SMILES string of the molecule is Cc1ccc(CNC(=O)[C@@H]2CCCN2C(=O)C[C@H](N)Cc2ccccc2)cc1. The van der Waals surface area contributed by atoms with Crippen molar-refractivity contribution in [3.05, 3.63) is 71.3 Å². The van der Waals surface area contributed by atoms with E-state index in [1.165, 1.54) is 5.56 Å². The van der Waals surface area contributed by atoms with E-state index in [0.29, 0.717) is 25.9 Å². The fourth-order valence-corrected chi connectivity index (χ4v) is 3.68. The first-order valence-corrected chi connectivity index (χ1v) is 9.95. The Labute approximate surface area is 166 Å². The first-order valence-electron chi connectivity index (χ1n) is 9.95. The molecule has 2 atom stereocenters. The average molecular weight is 380 g/mol. The van der Waals surface area contributed by atoms with Crippen molar-refractivity contribution in [1.29, 1.82) is 0 Å².